The smallest absolute Gasteiger partial charge is 0.304 e. The zero-order chi connectivity index (χ0) is 32.1. The van der Waals surface area contributed by atoms with Crippen LogP contribution in [0.4, 0.5) is 0 Å². The number of aliphatic hydroxyl groups is 2. The van der Waals surface area contributed by atoms with E-state index in [2.05, 4.69) is 26.8 Å². The van der Waals surface area contributed by atoms with Crippen molar-refractivity contribution in [2.75, 3.05) is 0 Å². The Morgan fingerprint density at radius 1 is 1.05 bits per heavy atom. The Morgan fingerprint density at radius 2 is 1.67 bits per heavy atom. The highest BCUT2D eigenvalue weighted by atomic mass is 16.7. The van der Waals surface area contributed by atoms with Crippen LogP contribution in [0.5, 0.6) is 0 Å². The van der Waals surface area contributed by atoms with Gasteiger partial charge in [0.15, 0.2) is 11.6 Å². The van der Waals surface area contributed by atoms with Crippen molar-refractivity contribution in [3.8, 4) is 0 Å². The Labute approximate surface area is 254 Å². The molecule has 43 heavy (non-hydrogen) atoms. The van der Waals surface area contributed by atoms with E-state index >= 15 is 0 Å². The maximum Gasteiger partial charge on any atom is 0.304 e. The maximum atomic E-state index is 13.3. The van der Waals surface area contributed by atoms with E-state index in [1.165, 1.54) is 27.7 Å². The van der Waals surface area contributed by atoms with E-state index < -0.39 is 69.7 Å². The van der Waals surface area contributed by atoms with Crippen molar-refractivity contribution >= 4 is 23.5 Å². The van der Waals surface area contributed by atoms with Crippen LogP contribution in [-0.2, 0) is 33.4 Å². The van der Waals surface area contributed by atoms with Crippen LogP contribution in [-0.4, -0.2) is 63.9 Å². The first-order chi connectivity index (χ1) is 19.7. The minimum Gasteiger partial charge on any atom is -0.462 e. The van der Waals surface area contributed by atoms with Crippen molar-refractivity contribution < 1.29 is 43.6 Å². The van der Waals surface area contributed by atoms with Gasteiger partial charge in [0.05, 0.1) is 11.7 Å². The van der Waals surface area contributed by atoms with E-state index in [1.54, 1.807) is 6.08 Å². The highest BCUT2D eigenvalue weighted by Gasteiger charge is 2.71. The van der Waals surface area contributed by atoms with Crippen LogP contribution in [0.1, 0.15) is 88.0 Å². The first kappa shape index (κ1) is 32.0. The van der Waals surface area contributed by atoms with Crippen LogP contribution in [0.2, 0.25) is 0 Å². The van der Waals surface area contributed by atoms with Gasteiger partial charge in [0, 0.05) is 42.9 Å². The summed E-state index contributed by atoms with van der Waals surface area (Å²) in [6.45, 7) is 15.8. The van der Waals surface area contributed by atoms with E-state index in [0.29, 0.717) is 19.3 Å². The summed E-state index contributed by atoms with van der Waals surface area (Å²) in [7, 11) is 0. The number of allylic oxidation sites excluding steroid dienone is 3. The van der Waals surface area contributed by atoms with Gasteiger partial charge in [0.2, 0.25) is 6.29 Å². The molecule has 0 radical (unpaired) electrons. The number of carbonyl (C=O) groups excluding carboxylic acids is 4. The lowest BCUT2D eigenvalue weighted by Crippen LogP contribution is -2.68. The van der Waals surface area contributed by atoms with Gasteiger partial charge < -0.3 is 24.4 Å². The Hall–Kier alpha value is -2.36. The third-order valence-electron chi connectivity index (χ3n) is 12.0. The molecule has 9 nitrogen and oxygen atoms in total. The summed E-state index contributed by atoms with van der Waals surface area (Å²) in [5.41, 5.74) is -3.06. The third-order valence-corrected chi connectivity index (χ3v) is 12.0. The van der Waals surface area contributed by atoms with Gasteiger partial charge in [0.25, 0.3) is 0 Å². The summed E-state index contributed by atoms with van der Waals surface area (Å²) in [5, 5.41) is 22.8. The van der Waals surface area contributed by atoms with Gasteiger partial charge in [-0.15, -0.1) is 0 Å². The highest BCUT2D eigenvalue weighted by molar-refractivity contribution is 5.95. The monoisotopic (exact) mass is 600 g/mol. The summed E-state index contributed by atoms with van der Waals surface area (Å²) in [5.74, 6) is -2.44. The predicted molar refractivity (Wildman–Crippen MR) is 156 cm³/mol. The van der Waals surface area contributed by atoms with Gasteiger partial charge >= 0.3 is 11.9 Å². The van der Waals surface area contributed by atoms with Crippen molar-refractivity contribution in [2.24, 2.45) is 45.3 Å². The third kappa shape index (κ3) is 4.67. The van der Waals surface area contributed by atoms with E-state index in [0.717, 1.165) is 5.57 Å². The predicted octanol–water partition coefficient (Wildman–Crippen LogP) is 4.08. The summed E-state index contributed by atoms with van der Waals surface area (Å²) in [4.78, 5) is 51.1. The largest absolute Gasteiger partial charge is 0.462 e. The van der Waals surface area contributed by atoms with Crippen LogP contribution in [0, 0.1) is 45.3 Å². The molecular weight excluding hydrogens is 552 g/mol. The molecule has 5 rings (SSSR count). The molecule has 0 unspecified atom stereocenters. The second kappa shape index (κ2) is 10.1. The Balaban J connectivity index is 1.59. The lowest BCUT2D eigenvalue weighted by atomic mass is 9.37. The quantitative estimate of drug-likeness (QED) is 0.361. The molecule has 1 aliphatic heterocycles. The number of fused-ring (bicyclic) bond motifs is 5. The van der Waals surface area contributed by atoms with Gasteiger partial charge in [-0.1, -0.05) is 52.3 Å². The number of ketones is 2. The molecule has 0 amide bonds. The van der Waals surface area contributed by atoms with E-state index in [1.807, 2.05) is 19.9 Å². The molecule has 1 heterocycles. The number of rotatable bonds is 4. The molecular formula is C34H48O9. The van der Waals surface area contributed by atoms with Crippen molar-refractivity contribution in [1.82, 2.24) is 0 Å². The number of ether oxygens (including phenoxy) is 3. The van der Waals surface area contributed by atoms with Crippen molar-refractivity contribution in [3.63, 3.8) is 0 Å². The first-order valence-corrected chi connectivity index (χ1v) is 15.6. The molecule has 9 heteroatoms. The van der Waals surface area contributed by atoms with Crippen LogP contribution in [0.15, 0.2) is 23.8 Å². The fourth-order valence-electron chi connectivity index (χ4n) is 10.4. The molecule has 1 saturated heterocycles. The Kier molecular flexibility index (Phi) is 7.51. The fraction of sp³-hybridized carbons (Fsp3) is 0.765. The van der Waals surface area contributed by atoms with Crippen LogP contribution in [0.25, 0.3) is 0 Å². The summed E-state index contributed by atoms with van der Waals surface area (Å²) < 4.78 is 17.8. The standard InChI is InChI=1S/C34H48O9/c1-17(35)41-26-15-24-30(3,4)25(39)12-13-32(24,7)27-22(38)16-33(8)20(10-11-23(33)34(26,27)9)19-14-21(37)28(31(5,6)40)43-29(19)42-18(2)36/h11-13,19-20,22,24,26-29,38,40H,10,14-16H2,1-9H3/t19-,20-,22+,24-,26+,27+,28-,29-,32-,33-,34+/m0/s1. The van der Waals surface area contributed by atoms with Gasteiger partial charge in [-0.2, -0.15) is 0 Å². The Morgan fingerprint density at radius 3 is 2.26 bits per heavy atom. The lowest BCUT2D eigenvalue weighted by Gasteiger charge is -2.67. The molecule has 4 aliphatic carbocycles. The minimum absolute atomic E-state index is 0.0262. The first-order valence-electron chi connectivity index (χ1n) is 15.6. The zero-order valence-electron chi connectivity index (χ0n) is 26.9. The second-order valence-electron chi connectivity index (χ2n) is 15.6. The summed E-state index contributed by atoms with van der Waals surface area (Å²) in [6.07, 6.45) is 3.67. The van der Waals surface area contributed by atoms with Crippen LogP contribution >= 0.6 is 0 Å². The molecule has 0 spiro atoms. The number of Topliss-reactive ketones (excluding diaryl/α,β-unsaturated/α-hetero) is 1. The van der Waals surface area contributed by atoms with Crippen molar-refractivity contribution in [2.45, 2.75) is 118 Å². The molecule has 0 aromatic heterocycles. The SMILES string of the molecule is CC(=O)O[C@H]1O[C@H](C(C)(C)O)C(=O)C[C@H]1[C@@H]1CC=C2[C@@]3(C)[C@H]([C@H](O)C[C@]21C)[C@@]1(C)C=CC(=O)C(C)(C)[C@@H]1C[C@H]3OC(C)=O. The number of carbonyl (C=O) groups is 4. The molecule has 5 aliphatic rings. The van der Waals surface area contributed by atoms with E-state index in [9.17, 15) is 29.4 Å². The molecule has 2 N–H and O–H groups in total. The summed E-state index contributed by atoms with van der Waals surface area (Å²) >= 11 is 0. The molecule has 0 aromatic rings. The lowest BCUT2D eigenvalue weighted by molar-refractivity contribution is -0.251. The van der Waals surface area contributed by atoms with Gasteiger partial charge in [0.1, 0.15) is 12.2 Å². The molecule has 3 fully saturated rings. The van der Waals surface area contributed by atoms with Gasteiger partial charge in [-0.25, -0.2) is 0 Å². The fourth-order valence-corrected chi connectivity index (χ4v) is 10.4. The number of aliphatic hydroxyl groups excluding tert-OH is 1. The molecule has 238 valence electrons. The highest BCUT2D eigenvalue weighted by Crippen LogP contribution is 2.72. The number of hydrogen-bond donors (Lipinski definition) is 2. The minimum atomic E-state index is -1.46. The topological polar surface area (TPSA) is 136 Å². The van der Waals surface area contributed by atoms with Crippen molar-refractivity contribution in [3.05, 3.63) is 23.8 Å². The molecule has 11 atom stereocenters. The second-order valence-corrected chi connectivity index (χ2v) is 15.6. The van der Waals surface area contributed by atoms with E-state index in [-0.39, 0.29) is 35.7 Å². The van der Waals surface area contributed by atoms with Gasteiger partial charge in [-0.3, -0.25) is 19.2 Å². The van der Waals surface area contributed by atoms with E-state index in [4.69, 9.17) is 14.2 Å². The average molecular weight is 601 g/mol. The van der Waals surface area contributed by atoms with Gasteiger partial charge in [-0.05, 0) is 61.9 Å². The number of hydrogen-bond acceptors (Lipinski definition) is 9. The zero-order valence-corrected chi connectivity index (χ0v) is 26.9. The molecule has 0 aromatic carbocycles. The van der Waals surface area contributed by atoms with Crippen LogP contribution in [0.3, 0.4) is 0 Å². The van der Waals surface area contributed by atoms with Crippen LogP contribution < -0.4 is 0 Å². The average Bonchev–Trinajstić information content (AvgIpc) is 3.20. The van der Waals surface area contributed by atoms with Crippen molar-refractivity contribution in [1.29, 1.82) is 0 Å². The number of esters is 2. The maximum absolute atomic E-state index is 13.3. The molecule has 2 saturated carbocycles. The normalized spacial score (nSPS) is 45.4. The molecule has 0 bridgehead atoms. The summed E-state index contributed by atoms with van der Waals surface area (Å²) in [6, 6.07) is 0. The Bertz CT molecular complexity index is 1290.